The highest BCUT2D eigenvalue weighted by Crippen LogP contribution is 2.04. The van der Waals surface area contributed by atoms with E-state index in [1.54, 1.807) is 0 Å². The zero-order valence-corrected chi connectivity index (χ0v) is 9.22. The molecule has 0 fully saturated rings. The molecular weight excluding hydrogens is 160 g/mol. The first-order valence-corrected chi connectivity index (χ1v) is 4.81. The third-order valence-corrected chi connectivity index (χ3v) is 1.80. The molecule has 0 aliphatic carbocycles. The number of rotatable bonds is 5. The summed E-state index contributed by atoms with van der Waals surface area (Å²) in [4.78, 5) is 0. The minimum Gasteiger partial charge on any atom is -0.362 e. The molecule has 0 aromatic heterocycles. The maximum Gasteiger partial charge on any atom is 0.0413 e. The van der Waals surface area contributed by atoms with E-state index < -0.39 is 0 Å². The molecule has 0 rings (SSSR count). The van der Waals surface area contributed by atoms with Gasteiger partial charge in [-0.25, -0.2) is 0 Å². The molecule has 3 N–H and O–H groups in total. The summed E-state index contributed by atoms with van der Waals surface area (Å²) >= 11 is 0. The summed E-state index contributed by atoms with van der Waals surface area (Å²) in [6.45, 7) is 12.2. The Labute approximate surface area is 81.9 Å². The predicted molar refractivity (Wildman–Crippen MR) is 59.1 cm³/mol. The molecule has 0 amide bonds. The predicted octanol–water partition coefficient (Wildman–Crippen LogP) is 2.39. The normalized spacial score (nSPS) is 14.5. The van der Waals surface area contributed by atoms with Gasteiger partial charge in [-0.3, -0.25) is 0 Å². The highest BCUT2D eigenvalue weighted by molar-refractivity contribution is 5.10. The second-order valence-electron chi connectivity index (χ2n) is 3.96. The number of nitrogens with two attached hydrogens (primary N) is 1. The fourth-order valence-electron chi connectivity index (χ4n) is 0.831. The van der Waals surface area contributed by atoms with Crippen molar-refractivity contribution in [1.82, 2.24) is 5.32 Å². The molecule has 0 aliphatic rings. The molecule has 0 saturated heterocycles. The van der Waals surface area contributed by atoms with Crippen LogP contribution < -0.4 is 11.1 Å². The molecule has 1 atom stereocenters. The lowest BCUT2D eigenvalue weighted by Gasteiger charge is -2.13. The molecule has 2 nitrogen and oxygen atoms in total. The van der Waals surface area contributed by atoms with Gasteiger partial charge in [0.15, 0.2) is 0 Å². The molecule has 0 aromatic carbocycles. The molecule has 0 bridgehead atoms. The average molecular weight is 182 g/mol. The maximum atomic E-state index is 5.65. The van der Waals surface area contributed by atoms with Crippen molar-refractivity contribution in [3.05, 3.63) is 24.0 Å². The van der Waals surface area contributed by atoms with E-state index in [1.807, 2.05) is 13.8 Å². The van der Waals surface area contributed by atoms with Crippen molar-refractivity contribution < 1.29 is 0 Å². The Bertz CT molecular complexity index is 190. The monoisotopic (exact) mass is 182 g/mol. The van der Waals surface area contributed by atoms with Crippen LogP contribution in [-0.2, 0) is 0 Å². The smallest absolute Gasteiger partial charge is 0.0413 e. The van der Waals surface area contributed by atoms with Crippen LogP contribution in [0.5, 0.6) is 0 Å². The fraction of sp³-hybridized carbons (Fsp3) is 0.636. The molecule has 0 heterocycles. The van der Waals surface area contributed by atoms with Gasteiger partial charge in [-0.15, -0.1) is 0 Å². The van der Waals surface area contributed by atoms with E-state index in [9.17, 15) is 0 Å². The lowest BCUT2D eigenvalue weighted by molar-refractivity contribution is 0.656. The lowest BCUT2D eigenvalue weighted by Crippen LogP contribution is -2.26. The molecule has 0 aliphatic heterocycles. The third kappa shape index (κ3) is 6.41. The molecule has 0 radical (unpaired) electrons. The Morgan fingerprint density at radius 1 is 1.46 bits per heavy atom. The fourth-order valence-corrected chi connectivity index (χ4v) is 0.831. The van der Waals surface area contributed by atoms with Crippen LogP contribution in [0, 0.1) is 5.92 Å². The van der Waals surface area contributed by atoms with Crippen LogP contribution in [0.15, 0.2) is 24.0 Å². The minimum absolute atomic E-state index is 0.00222. The zero-order chi connectivity index (χ0) is 10.4. The highest BCUT2D eigenvalue weighted by atomic mass is 14.9. The van der Waals surface area contributed by atoms with E-state index in [1.165, 1.54) is 0 Å². The first-order chi connectivity index (χ1) is 5.93. The quantitative estimate of drug-likeness (QED) is 0.685. The molecule has 13 heavy (non-hydrogen) atoms. The molecule has 0 saturated carbocycles. The number of hydrogen-bond acceptors (Lipinski definition) is 2. The van der Waals surface area contributed by atoms with Gasteiger partial charge < -0.3 is 11.1 Å². The Balaban J connectivity index is 3.92. The molecule has 76 valence electrons. The second-order valence-corrected chi connectivity index (χ2v) is 3.96. The van der Waals surface area contributed by atoms with Gasteiger partial charge in [0.25, 0.3) is 0 Å². The van der Waals surface area contributed by atoms with Crippen LogP contribution >= 0.6 is 0 Å². The molecular formula is C11H22N2. The van der Waals surface area contributed by atoms with Gasteiger partial charge in [0.1, 0.15) is 0 Å². The maximum absolute atomic E-state index is 5.65. The van der Waals surface area contributed by atoms with E-state index >= 15 is 0 Å². The van der Waals surface area contributed by atoms with Crippen LogP contribution in [0.1, 0.15) is 34.1 Å². The van der Waals surface area contributed by atoms with Crippen molar-refractivity contribution in [3.63, 3.8) is 0 Å². The summed E-state index contributed by atoms with van der Waals surface area (Å²) < 4.78 is 0. The Morgan fingerprint density at radius 2 is 2.00 bits per heavy atom. The standard InChI is InChI=1S/C11H22N2/c1-8(2)6-7-9(3)13-11(5)10(4)12/h7-8,10,13H,5-6,12H2,1-4H3/b9-7-/t10-/m1/s1. The second kappa shape index (κ2) is 5.81. The van der Waals surface area contributed by atoms with Gasteiger partial charge in [-0.2, -0.15) is 0 Å². The van der Waals surface area contributed by atoms with E-state index in [0.29, 0.717) is 5.92 Å². The van der Waals surface area contributed by atoms with Gasteiger partial charge >= 0.3 is 0 Å². The van der Waals surface area contributed by atoms with Crippen LogP contribution in [0.3, 0.4) is 0 Å². The Morgan fingerprint density at radius 3 is 2.38 bits per heavy atom. The largest absolute Gasteiger partial charge is 0.362 e. The van der Waals surface area contributed by atoms with Gasteiger partial charge in [0.2, 0.25) is 0 Å². The first kappa shape index (κ1) is 12.2. The van der Waals surface area contributed by atoms with Gasteiger partial charge in [-0.1, -0.05) is 26.5 Å². The highest BCUT2D eigenvalue weighted by Gasteiger charge is 1.99. The molecule has 0 aromatic rings. The summed E-state index contributed by atoms with van der Waals surface area (Å²) in [5, 5.41) is 3.18. The van der Waals surface area contributed by atoms with Crippen molar-refractivity contribution in [2.24, 2.45) is 11.7 Å². The molecule has 0 spiro atoms. The van der Waals surface area contributed by atoms with E-state index in [-0.39, 0.29) is 6.04 Å². The topological polar surface area (TPSA) is 38.0 Å². The summed E-state index contributed by atoms with van der Waals surface area (Å²) in [5.41, 5.74) is 7.66. The zero-order valence-electron chi connectivity index (χ0n) is 9.22. The van der Waals surface area contributed by atoms with Gasteiger partial charge in [0, 0.05) is 17.4 Å². The summed E-state index contributed by atoms with van der Waals surface area (Å²) in [6, 6.07) is 0.00222. The van der Waals surface area contributed by atoms with Gasteiger partial charge in [-0.05, 0) is 26.2 Å². The summed E-state index contributed by atoms with van der Waals surface area (Å²) in [6.07, 6.45) is 3.27. The number of hydrogen-bond donors (Lipinski definition) is 2. The Kier molecular flexibility index (Phi) is 5.47. The van der Waals surface area contributed by atoms with E-state index in [2.05, 4.69) is 31.8 Å². The third-order valence-electron chi connectivity index (χ3n) is 1.80. The summed E-state index contributed by atoms with van der Waals surface area (Å²) in [7, 11) is 0. The van der Waals surface area contributed by atoms with E-state index in [0.717, 1.165) is 17.8 Å². The SMILES string of the molecule is C=C(N/C(C)=C\CC(C)C)[C@@H](C)N. The number of allylic oxidation sites excluding steroid dienone is 2. The van der Waals surface area contributed by atoms with E-state index in [4.69, 9.17) is 5.73 Å². The average Bonchev–Trinajstić information content (AvgIpc) is 2.00. The van der Waals surface area contributed by atoms with Gasteiger partial charge in [0.05, 0.1) is 0 Å². The van der Waals surface area contributed by atoms with Crippen molar-refractivity contribution in [3.8, 4) is 0 Å². The lowest BCUT2D eigenvalue weighted by atomic mass is 10.1. The summed E-state index contributed by atoms with van der Waals surface area (Å²) in [5.74, 6) is 0.695. The first-order valence-electron chi connectivity index (χ1n) is 4.81. The van der Waals surface area contributed by atoms with Crippen LogP contribution in [-0.4, -0.2) is 6.04 Å². The molecule has 0 unspecified atom stereocenters. The minimum atomic E-state index is 0.00222. The van der Waals surface area contributed by atoms with Crippen LogP contribution in [0.4, 0.5) is 0 Å². The van der Waals surface area contributed by atoms with Crippen LogP contribution in [0.25, 0.3) is 0 Å². The molecule has 2 heteroatoms. The van der Waals surface area contributed by atoms with Crippen molar-refractivity contribution >= 4 is 0 Å². The van der Waals surface area contributed by atoms with Crippen molar-refractivity contribution in [2.75, 3.05) is 0 Å². The Hall–Kier alpha value is -0.760. The van der Waals surface area contributed by atoms with Crippen molar-refractivity contribution in [2.45, 2.75) is 40.2 Å². The van der Waals surface area contributed by atoms with Crippen LogP contribution in [0.2, 0.25) is 0 Å². The van der Waals surface area contributed by atoms with Crippen molar-refractivity contribution in [1.29, 1.82) is 0 Å². The number of nitrogens with one attached hydrogen (secondary N) is 1.